The molecule has 1 aliphatic heterocycles. The molecule has 1 fully saturated rings. The summed E-state index contributed by atoms with van der Waals surface area (Å²) in [5, 5.41) is 7.92. The summed E-state index contributed by atoms with van der Waals surface area (Å²) in [4.78, 5) is 15.2. The first-order chi connectivity index (χ1) is 12.2. The molecule has 0 spiro atoms. The van der Waals surface area contributed by atoms with Crippen LogP contribution in [0.5, 0.6) is 0 Å². The maximum absolute atomic E-state index is 11.0. The van der Waals surface area contributed by atoms with E-state index in [1.165, 1.54) is 36.1 Å². The lowest BCUT2D eigenvalue weighted by Crippen LogP contribution is -2.12. The minimum atomic E-state index is -0.456. The van der Waals surface area contributed by atoms with Gasteiger partial charge in [-0.15, -0.1) is 24.7 Å². The molecule has 0 radical (unpaired) electrons. The zero-order chi connectivity index (χ0) is 19.2. The third-order valence-corrected chi connectivity index (χ3v) is 2.27. The van der Waals surface area contributed by atoms with Crippen LogP contribution in [0.3, 0.4) is 0 Å². The van der Waals surface area contributed by atoms with Gasteiger partial charge in [0.05, 0.1) is 6.61 Å². The summed E-state index contributed by atoms with van der Waals surface area (Å²) >= 11 is 1.96. The summed E-state index contributed by atoms with van der Waals surface area (Å²) in [6.45, 7) is 2.35. The van der Waals surface area contributed by atoms with Gasteiger partial charge >= 0.3 is 6.09 Å². The van der Waals surface area contributed by atoms with Crippen molar-refractivity contribution in [3.63, 3.8) is 0 Å². The molecule has 2 heterocycles. The van der Waals surface area contributed by atoms with E-state index in [0.717, 1.165) is 13.2 Å². The normalized spacial score (nSPS) is 11.6. The van der Waals surface area contributed by atoms with Crippen molar-refractivity contribution in [3.8, 4) is 24.7 Å². The second-order valence-corrected chi connectivity index (χ2v) is 4.04. The predicted octanol–water partition coefficient (Wildman–Crippen LogP) is 2.74. The quantitative estimate of drug-likeness (QED) is 0.333. The molecule has 0 aromatic carbocycles. The van der Waals surface area contributed by atoms with Gasteiger partial charge in [0, 0.05) is 39.8 Å². The Kier molecular flexibility index (Phi) is 20.1. The smallest absolute Gasteiger partial charge is 0.419 e. The second-order valence-electron chi connectivity index (χ2n) is 4.04. The number of alkyl halides is 1. The molecule has 0 saturated carbocycles. The zero-order valence-electron chi connectivity index (χ0n) is 14.7. The summed E-state index contributed by atoms with van der Waals surface area (Å²) in [6.07, 6.45) is 17.1. The number of aromatic nitrogens is 2. The molecule has 0 aliphatic carbocycles. The molecule has 7 heteroatoms. The predicted molar refractivity (Wildman–Crippen MR) is 103 cm³/mol. The Morgan fingerprint density at radius 1 is 1.46 bits per heavy atom. The van der Waals surface area contributed by atoms with Crippen molar-refractivity contribution in [2.45, 2.75) is 25.7 Å². The highest BCUT2D eigenvalue weighted by molar-refractivity contribution is 14.1. The van der Waals surface area contributed by atoms with Crippen molar-refractivity contribution in [2.24, 2.45) is 0 Å². The third-order valence-electron chi connectivity index (χ3n) is 2.27. The van der Waals surface area contributed by atoms with E-state index in [9.17, 15) is 4.79 Å². The topological polar surface area (TPSA) is 73.6 Å². The lowest BCUT2D eigenvalue weighted by Gasteiger charge is -2.00. The lowest BCUT2D eigenvalue weighted by atomic mass is 10.4. The number of imidazole rings is 1. The number of ether oxygens (including phenoxy) is 2. The molecule has 1 N–H and O–H groups in total. The fraction of sp³-hybridized carbons (Fsp3) is 0.529. The van der Waals surface area contributed by atoms with E-state index in [1.807, 2.05) is 22.6 Å². The standard InChI is InChI=1S/C8H8N2O2.C4H8O.C4H6O.CH3I/c1-2-3-6-12-8(11)10-5-4-9-7-10;1-2-4-5-3-1;1-2-3-4-5;1-2/h1,4-5,7H,3,6H2;1-4H2;1,5H,3-4H2;1H3/i;;;1D. The Hall–Kier alpha value is -1.55. The van der Waals surface area contributed by atoms with E-state index >= 15 is 0 Å². The Morgan fingerprint density at radius 3 is 2.42 bits per heavy atom. The van der Waals surface area contributed by atoms with Crippen molar-refractivity contribution >= 4 is 28.7 Å². The second kappa shape index (κ2) is 21.4. The van der Waals surface area contributed by atoms with Gasteiger partial charge in [0.1, 0.15) is 12.9 Å². The van der Waals surface area contributed by atoms with Crippen LogP contribution in [0.25, 0.3) is 0 Å². The highest BCUT2D eigenvalue weighted by Crippen LogP contribution is 1.98. The number of aliphatic hydroxyl groups is 1. The van der Waals surface area contributed by atoms with Gasteiger partial charge in [0.2, 0.25) is 0 Å². The summed E-state index contributed by atoms with van der Waals surface area (Å²) in [5.41, 5.74) is 0. The van der Waals surface area contributed by atoms with Crippen LogP contribution in [0.4, 0.5) is 4.79 Å². The molecule has 1 aromatic heterocycles. The van der Waals surface area contributed by atoms with Gasteiger partial charge in [-0.3, -0.25) is 0 Å². The van der Waals surface area contributed by atoms with Crippen molar-refractivity contribution in [1.29, 1.82) is 0 Å². The number of nitrogens with zero attached hydrogens (tertiary/aromatic N) is 2. The first-order valence-corrected chi connectivity index (χ1v) is 8.76. The minimum Gasteiger partial charge on any atom is -0.448 e. The van der Waals surface area contributed by atoms with Crippen LogP contribution in [0.2, 0.25) is 0 Å². The maximum Gasteiger partial charge on any atom is 0.419 e. The van der Waals surface area contributed by atoms with Gasteiger partial charge in [-0.2, -0.15) is 0 Å². The minimum absolute atomic E-state index is 0.108. The van der Waals surface area contributed by atoms with Crippen molar-refractivity contribution in [3.05, 3.63) is 18.7 Å². The van der Waals surface area contributed by atoms with Gasteiger partial charge < -0.3 is 14.6 Å². The number of carbonyl (C=O) groups excluding carboxylic acids is 1. The molecule has 2 rings (SSSR count). The summed E-state index contributed by atoms with van der Waals surface area (Å²) in [7, 11) is 0. The molecular formula is C17H25IN2O4. The van der Waals surface area contributed by atoms with Crippen LogP contribution < -0.4 is 0 Å². The lowest BCUT2D eigenvalue weighted by molar-refractivity contribution is 0.150. The number of hydrogen-bond donors (Lipinski definition) is 1. The van der Waals surface area contributed by atoms with E-state index in [1.54, 1.807) is 0 Å². The first-order valence-electron chi connectivity index (χ1n) is 7.94. The molecule has 0 amide bonds. The Morgan fingerprint density at radius 2 is 2.08 bits per heavy atom. The fourth-order valence-electron chi connectivity index (χ4n) is 1.21. The van der Waals surface area contributed by atoms with Crippen LogP contribution in [-0.2, 0) is 9.47 Å². The van der Waals surface area contributed by atoms with Crippen LogP contribution >= 0.6 is 22.6 Å². The highest BCUT2D eigenvalue weighted by atomic mass is 127. The monoisotopic (exact) mass is 449 g/mol. The first kappa shape index (κ1) is 22.4. The molecule has 134 valence electrons. The molecular weight excluding hydrogens is 423 g/mol. The van der Waals surface area contributed by atoms with E-state index in [4.69, 9.17) is 28.8 Å². The summed E-state index contributed by atoms with van der Waals surface area (Å²) < 4.78 is 17.2. The van der Waals surface area contributed by atoms with E-state index < -0.39 is 6.09 Å². The number of halogens is 1. The van der Waals surface area contributed by atoms with E-state index in [-0.39, 0.29) is 13.2 Å². The SMILES string of the molecule is C#CCCO.C#CCCOC(=O)n1ccnc1.C1CCOC1.[2H]CI. The van der Waals surface area contributed by atoms with E-state index in [2.05, 4.69) is 16.8 Å². The number of carbonyl (C=O) groups is 1. The average Bonchev–Trinajstić information content (AvgIpc) is 3.33. The van der Waals surface area contributed by atoms with Crippen molar-refractivity contribution in [1.82, 2.24) is 9.55 Å². The van der Waals surface area contributed by atoms with Gasteiger partial charge in [-0.25, -0.2) is 14.3 Å². The van der Waals surface area contributed by atoms with E-state index in [0.29, 0.717) is 17.7 Å². The molecule has 1 saturated heterocycles. The Labute approximate surface area is 159 Å². The average molecular weight is 449 g/mol. The van der Waals surface area contributed by atoms with Crippen LogP contribution in [0.1, 0.15) is 27.1 Å². The zero-order valence-corrected chi connectivity index (χ0v) is 15.9. The molecule has 0 atom stereocenters. The van der Waals surface area contributed by atoms with Crippen LogP contribution in [0.15, 0.2) is 18.7 Å². The van der Waals surface area contributed by atoms with Gasteiger partial charge in [0.15, 0.2) is 0 Å². The molecule has 0 unspecified atom stereocenters. The van der Waals surface area contributed by atoms with Crippen LogP contribution in [0, 0.1) is 24.7 Å². The van der Waals surface area contributed by atoms with Gasteiger partial charge in [-0.05, 0) is 17.7 Å². The fourth-order valence-corrected chi connectivity index (χ4v) is 1.21. The molecule has 1 aromatic rings. The molecule has 0 bridgehead atoms. The number of hydrogen-bond acceptors (Lipinski definition) is 5. The van der Waals surface area contributed by atoms with Crippen LogP contribution in [-0.4, -0.2) is 52.1 Å². The summed E-state index contributed by atoms with van der Waals surface area (Å²) in [5.74, 6) is 4.63. The number of rotatable bonds is 3. The highest BCUT2D eigenvalue weighted by Gasteiger charge is 2.02. The number of terminal acetylenes is 2. The Bertz CT molecular complexity index is 472. The van der Waals surface area contributed by atoms with Gasteiger partial charge in [-0.1, -0.05) is 22.6 Å². The largest absolute Gasteiger partial charge is 0.448 e. The Balaban J connectivity index is 0. The van der Waals surface area contributed by atoms with Gasteiger partial charge in [0.25, 0.3) is 0 Å². The number of aliphatic hydroxyl groups excluding tert-OH is 1. The maximum atomic E-state index is 11.0. The molecule has 6 nitrogen and oxygen atoms in total. The third kappa shape index (κ3) is 16.8. The summed E-state index contributed by atoms with van der Waals surface area (Å²) in [6, 6.07) is 0. The molecule has 1 aliphatic rings. The molecule has 24 heavy (non-hydrogen) atoms. The van der Waals surface area contributed by atoms with Crippen molar-refractivity contribution in [2.75, 3.05) is 31.3 Å². The van der Waals surface area contributed by atoms with Crippen molar-refractivity contribution < 1.29 is 20.7 Å².